The summed E-state index contributed by atoms with van der Waals surface area (Å²) in [5, 5.41) is 4.76. The minimum absolute atomic E-state index is 0.0272. The van der Waals surface area contributed by atoms with E-state index in [1.807, 2.05) is 0 Å². The lowest BCUT2D eigenvalue weighted by molar-refractivity contribution is -0.172. The molecule has 1 saturated carbocycles. The normalized spacial score (nSPS) is 18.9. The molecule has 1 aliphatic rings. The van der Waals surface area contributed by atoms with Crippen LogP contribution in [0.4, 0.5) is 0 Å². The fourth-order valence-corrected chi connectivity index (χ4v) is 2.63. The summed E-state index contributed by atoms with van der Waals surface area (Å²) >= 11 is 0. The SMILES string of the molecule is CON(C)C(=O)C(CC1CCCC1)NC(C)(C)C. The quantitative estimate of drug-likeness (QED) is 0.768. The predicted molar refractivity (Wildman–Crippen MR) is 73.0 cm³/mol. The van der Waals surface area contributed by atoms with E-state index < -0.39 is 0 Å². The van der Waals surface area contributed by atoms with Gasteiger partial charge in [0.15, 0.2) is 0 Å². The smallest absolute Gasteiger partial charge is 0.262 e. The zero-order valence-electron chi connectivity index (χ0n) is 12.5. The van der Waals surface area contributed by atoms with Crippen LogP contribution in [0.1, 0.15) is 52.9 Å². The van der Waals surface area contributed by atoms with E-state index in [1.54, 1.807) is 7.05 Å². The van der Waals surface area contributed by atoms with Crippen molar-refractivity contribution in [3.8, 4) is 0 Å². The maximum atomic E-state index is 12.3. The molecule has 0 aromatic carbocycles. The van der Waals surface area contributed by atoms with Gasteiger partial charge in [-0.3, -0.25) is 9.63 Å². The molecule has 0 heterocycles. The van der Waals surface area contributed by atoms with Crippen molar-refractivity contribution in [3.63, 3.8) is 0 Å². The summed E-state index contributed by atoms with van der Waals surface area (Å²) in [7, 11) is 3.20. The molecule has 4 nitrogen and oxygen atoms in total. The van der Waals surface area contributed by atoms with E-state index in [9.17, 15) is 4.79 Å². The summed E-state index contributed by atoms with van der Waals surface area (Å²) in [5.41, 5.74) is -0.0620. The van der Waals surface area contributed by atoms with Crippen LogP contribution in [-0.2, 0) is 9.63 Å². The Morgan fingerprint density at radius 1 is 1.39 bits per heavy atom. The van der Waals surface area contributed by atoms with Gasteiger partial charge in [0, 0.05) is 12.6 Å². The average Bonchev–Trinajstić information content (AvgIpc) is 2.77. The van der Waals surface area contributed by atoms with E-state index in [0.717, 1.165) is 6.42 Å². The molecule has 106 valence electrons. The van der Waals surface area contributed by atoms with Gasteiger partial charge in [-0.05, 0) is 33.1 Å². The summed E-state index contributed by atoms with van der Waals surface area (Å²) in [5.74, 6) is 0.707. The summed E-state index contributed by atoms with van der Waals surface area (Å²) in [6.45, 7) is 6.28. The van der Waals surface area contributed by atoms with Crippen LogP contribution in [0.3, 0.4) is 0 Å². The predicted octanol–water partition coefficient (Wildman–Crippen LogP) is 2.34. The standard InChI is InChI=1S/C14H28N2O2/c1-14(2,3)15-12(13(17)16(4)18-5)10-11-8-6-7-9-11/h11-12,15H,6-10H2,1-5H3. The van der Waals surface area contributed by atoms with Crippen LogP contribution in [-0.4, -0.2) is 36.7 Å². The zero-order chi connectivity index (χ0) is 13.8. The van der Waals surface area contributed by atoms with Crippen molar-refractivity contribution in [2.24, 2.45) is 5.92 Å². The first-order chi connectivity index (χ1) is 8.33. The minimum Gasteiger partial charge on any atom is -0.301 e. The van der Waals surface area contributed by atoms with Crippen LogP contribution in [0, 0.1) is 5.92 Å². The lowest BCUT2D eigenvalue weighted by atomic mass is 9.95. The van der Waals surface area contributed by atoms with Gasteiger partial charge in [-0.1, -0.05) is 25.7 Å². The lowest BCUT2D eigenvalue weighted by Gasteiger charge is -2.31. The molecular formula is C14H28N2O2. The second-order valence-electron chi connectivity index (χ2n) is 6.35. The van der Waals surface area contributed by atoms with Gasteiger partial charge in [-0.15, -0.1) is 0 Å². The van der Waals surface area contributed by atoms with Crippen molar-refractivity contribution in [2.45, 2.75) is 64.5 Å². The van der Waals surface area contributed by atoms with Gasteiger partial charge < -0.3 is 5.32 Å². The number of rotatable bonds is 5. The topological polar surface area (TPSA) is 41.6 Å². The Bertz CT molecular complexity index is 267. The molecule has 1 rings (SSSR count). The largest absolute Gasteiger partial charge is 0.301 e. The van der Waals surface area contributed by atoms with Crippen molar-refractivity contribution in [2.75, 3.05) is 14.2 Å². The molecule has 0 aromatic rings. The second kappa shape index (κ2) is 6.53. The number of hydrogen-bond donors (Lipinski definition) is 1. The lowest BCUT2D eigenvalue weighted by Crippen LogP contribution is -2.52. The molecule has 1 amide bonds. The highest BCUT2D eigenvalue weighted by Crippen LogP contribution is 2.29. The Balaban J connectivity index is 2.64. The van der Waals surface area contributed by atoms with Gasteiger partial charge in [0.2, 0.25) is 0 Å². The van der Waals surface area contributed by atoms with E-state index in [2.05, 4.69) is 26.1 Å². The average molecular weight is 256 g/mol. The number of hydroxylamine groups is 2. The molecule has 1 unspecified atom stereocenters. The van der Waals surface area contributed by atoms with Crippen molar-refractivity contribution >= 4 is 5.91 Å². The monoisotopic (exact) mass is 256 g/mol. The van der Waals surface area contributed by atoms with Gasteiger partial charge in [0.1, 0.15) is 0 Å². The van der Waals surface area contributed by atoms with E-state index in [-0.39, 0.29) is 17.5 Å². The molecule has 1 atom stereocenters. The Labute approximate surface area is 111 Å². The first-order valence-electron chi connectivity index (χ1n) is 6.93. The Morgan fingerprint density at radius 2 is 1.94 bits per heavy atom. The summed E-state index contributed by atoms with van der Waals surface area (Å²) in [6, 6.07) is -0.141. The number of hydrogen-bond acceptors (Lipinski definition) is 3. The van der Waals surface area contributed by atoms with E-state index in [4.69, 9.17) is 4.84 Å². The highest BCUT2D eigenvalue weighted by atomic mass is 16.7. The first-order valence-corrected chi connectivity index (χ1v) is 6.93. The van der Waals surface area contributed by atoms with Gasteiger partial charge in [-0.2, -0.15) is 0 Å². The van der Waals surface area contributed by atoms with E-state index in [0.29, 0.717) is 5.92 Å². The first kappa shape index (κ1) is 15.4. The van der Waals surface area contributed by atoms with Crippen LogP contribution in [0.15, 0.2) is 0 Å². The summed E-state index contributed by atoms with van der Waals surface area (Å²) in [4.78, 5) is 17.3. The van der Waals surface area contributed by atoms with Crippen LogP contribution in [0.25, 0.3) is 0 Å². The highest BCUT2D eigenvalue weighted by Gasteiger charge is 2.30. The van der Waals surface area contributed by atoms with Crippen LogP contribution in [0.2, 0.25) is 0 Å². The Morgan fingerprint density at radius 3 is 2.39 bits per heavy atom. The van der Waals surface area contributed by atoms with Crippen molar-refractivity contribution in [1.82, 2.24) is 10.4 Å². The number of nitrogens with zero attached hydrogens (tertiary/aromatic N) is 1. The molecule has 0 aromatic heterocycles. The Hall–Kier alpha value is -0.610. The number of carbonyl (C=O) groups excluding carboxylic acids is 1. The third kappa shape index (κ3) is 4.94. The maximum Gasteiger partial charge on any atom is 0.262 e. The van der Waals surface area contributed by atoms with Gasteiger partial charge in [0.05, 0.1) is 13.2 Å². The minimum atomic E-state index is -0.141. The number of likely N-dealkylation sites (N-methyl/N-ethyl adjacent to an activating group) is 1. The molecule has 0 spiro atoms. The summed E-state index contributed by atoms with van der Waals surface area (Å²) < 4.78 is 0. The second-order valence-corrected chi connectivity index (χ2v) is 6.35. The molecular weight excluding hydrogens is 228 g/mol. The number of carbonyl (C=O) groups is 1. The molecule has 18 heavy (non-hydrogen) atoms. The van der Waals surface area contributed by atoms with Crippen molar-refractivity contribution in [1.29, 1.82) is 0 Å². The molecule has 1 N–H and O–H groups in total. The number of nitrogens with one attached hydrogen (secondary N) is 1. The zero-order valence-corrected chi connectivity index (χ0v) is 12.5. The highest BCUT2D eigenvalue weighted by molar-refractivity contribution is 5.80. The van der Waals surface area contributed by atoms with Gasteiger partial charge in [-0.25, -0.2) is 5.06 Å². The molecule has 1 aliphatic carbocycles. The third-order valence-electron chi connectivity index (χ3n) is 3.53. The van der Waals surface area contributed by atoms with Crippen LogP contribution < -0.4 is 5.32 Å². The molecule has 0 bridgehead atoms. The Kier molecular flexibility index (Phi) is 5.60. The number of amides is 1. The molecule has 1 fully saturated rings. The van der Waals surface area contributed by atoms with Crippen molar-refractivity contribution in [3.05, 3.63) is 0 Å². The molecule has 0 radical (unpaired) electrons. The van der Waals surface area contributed by atoms with E-state index >= 15 is 0 Å². The van der Waals surface area contributed by atoms with Crippen LogP contribution >= 0.6 is 0 Å². The van der Waals surface area contributed by atoms with E-state index in [1.165, 1.54) is 37.9 Å². The fraction of sp³-hybridized carbons (Fsp3) is 0.929. The van der Waals surface area contributed by atoms with Gasteiger partial charge in [0.25, 0.3) is 5.91 Å². The van der Waals surface area contributed by atoms with Crippen molar-refractivity contribution < 1.29 is 9.63 Å². The van der Waals surface area contributed by atoms with Crippen LogP contribution in [0.5, 0.6) is 0 Å². The fourth-order valence-electron chi connectivity index (χ4n) is 2.63. The molecule has 4 heteroatoms. The maximum absolute atomic E-state index is 12.3. The molecule has 0 aliphatic heterocycles. The summed E-state index contributed by atoms with van der Waals surface area (Å²) in [6.07, 6.45) is 6.05. The molecule has 0 saturated heterocycles. The van der Waals surface area contributed by atoms with Gasteiger partial charge >= 0.3 is 0 Å². The third-order valence-corrected chi connectivity index (χ3v) is 3.53.